The average molecular weight is 324 g/mol. The van der Waals surface area contributed by atoms with Crippen LogP contribution < -0.4 is 10.1 Å². The van der Waals surface area contributed by atoms with E-state index in [2.05, 4.69) is 25.2 Å². The second kappa shape index (κ2) is 6.69. The van der Waals surface area contributed by atoms with Crippen LogP contribution in [0.4, 0.5) is 0 Å². The third-order valence-electron chi connectivity index (χ3n) is 3.72. The Morgan fingerprint density at radius 3 is 2.29 bits per heavy atom. The third-order valence-corrected chi connectivity index (χ3v) is 4.28. The molecule has 0 bridgehead atoms. The van der Waals surface area contributed by atoms with Crippen molar-refractivity contribution >= 4 is 23.2 Å². The van der Waals surface area contributed by atoms with Gasteiger partial charge in [0.2, 0.25) is 0 Å². The van der Waals surface area contributed by atoms with Crippen LogP contribution in [0.1, 0.15) is 28.3 Å². The summed E-state index contributed by atoms with van der Waals surface area (Å²) in [5.41, 5.74) is 4.43. The van der Waals surface area contributed by atoms with Crippen LogP contribution >= 0.6 is 23.2 Å². The number of benzene rings is 2. The number of methoxy groups -OCH3 is 1. The van der Waals surface area contributed by atoms with Crippen LogP contribution in [0.3, 0.4) is 0 Å². The number of rotatable bonds is 4. The third kappa shape index (κ3) is 3.34. The molecule has 1 unspecified atom stereocenters. The lowest BCUT2D eigenvalue weighted by atomic mass is 9.95. The van der Waals surface area contributed by atoms with Gasteiger partial charge in [-0.3, -0.25) is 0 Å². The van der Waals surface area contributed by atoms with E-state index in [-0.39, 0.29) is 6.04 Å². The first-order valence-electron chi connectivity index (χ1n) is 6.75. The predicted octanol–water partition coefficient (Wildman–Crippen LogP) is 4.93. The van der Waals surface area contributed by atoms with Crippen molar-refractivity contribution in [1.82, 2.24) is 5.32 Å². The monoisotopic (exact) mass is 323 g/mol. The van der Waals surface area contributed by atoms with E-state index in [9.17, 15) is 0 Å². The molecule has 0 saturated carbocycles. The minimum atomic E-state index is -0.0518. The molecule has 4 heteroatoms. The van der Waals surface area contributed by atoms with Crippen LogP contribution in [0, 0.1) is 13.8 Å². The van der Waals surface area contributed by atoms with Gasteiger partial charge in [0.05, 0.1) is 13.2 Å². The van der Waals surface area contributed by atoms with Crippen molar-refractivity contribution in [3.63, 3.8) is 0 Å². The van der Waals surface area contributed by atoms with Gasteiger partial charge in [-0.15, -0.1) is 0 Å². The summed E-state index contributed by atoms with van der Waals surface area (Å²) in [5.74, 6) is 0.746. The number of ether oxygens (including phenoxy) is 1. The van der Waals surface area contributed by atoms with Gasteiger partial charge < -0.3 is 10.1 Å². The average Bonchev–Trinajstić information content (AvgIpc) is 2.46. The molecule has 112 valence electrons. The summed E-state index contributed by atoms with van der Waals surface area (Å²) in [5, 5.41) is 4.70. The normalized spacial score (nSPS) is 12.3. The van der Waals surface area contributed by atoms with E-state index in [0.29, 0.717) is 5.02 Å². The SMILES string of the molecule is CNC(c1cc(C)c(C)cc1Cl)c1ccc(Cl)cc1OC. The zero-order valence-electron chi connectivity index (χ0n) is 12.6. The van der Waals surface area contributed by atoms with Crippen LogP contribution in [-0.2, 0) is 0 Å². The van der Waals surface area contributed by atoms with E-state index in [0.717, 1.165) is 21.9 Å². The summed E-state index contributed by atoms with van der Waals surface area (Å²) in [6.07, 6.45) is 0. The van der Waals surface area contributed by atoms with Gasteiger partial charge in [0, 0.05) is 15.6 Å². The summed E-state index contributed by atoms with van der Waals surface area (Å²) in [4.78, 5) is 0. The Kier molecular flexibility index (Phi) is 5.15. The molecule has 0 saturated heterocycles. The maximum Gasteiger partial charge on any atom is 0.125 e. The van der Waals surface area contributed by atoms with Crippen molar-refractivity contribution < 1.29 is 4.74 Å². The summed E-state index contributed by atoms with van der Waals surface area (Å²) in [7, 11) is 3.55. The fraction of sp³-hybridized carbons (Fsp3) is 0.294. The zero-order chi connectivity index (χ0) is 15.6. The molecular weight excluding hydrogens is 305 g/mol. The standard InChI is InChI=1S/C17H19Cl2NO/c1-10-7-14(15(19)8-11(10)2)17(20-3)13-6-5-12(18)9-16(13)21-4/h5-9,17,20H,1-4H3. The zero-order valence-corrected chi connectivity index (χ0v) is 14.1. The lowest BCUT2D eigenvalue weighted by Gasteiger charge is -2.22. The van der Waals surface area contributed by atoms with Gasteiger partial charge in [0.15, 0.2) is 0 Å². The van der Waals surface area contributed by atoms with Crippen LogP contribution in [0.15, 0.2) is 30.3 Å². The summed E-state index contributed by atoms with van der Waals surface area (Å²) in [6.45, 7) is 4.14. The van der Waals surface area contributed by atoms with Gasteiger partial charge in [-0.25, -0.2) is 0 Å². The molecule has 0 aliphatic heterocycles. The molecule has 0 aromatic heterocycles. The predicted molar refractivity (Wildman–Crippen MR) is 89.8 cm³/mol. The molecule has 1 N–H and O–H groups in total. The molecular formula is C17H19Cl2NO. The molecule has 2 rings (SSSR count). The van der Waals surface area contributed by atoms with Gasteiger partial charge in [-0.1, -0.05) is 35.3 Å². The molecule has 0 spiro atoms. The highest BCUT2D eigenvalue weighted by Gasteiger charge is 2.20. The minimum Gasteiger partial charge on any atom is -0.496 e. The molecule has 2 aromatic rings. The molecule has 0 heterocycles. The summed E-state index contributed by atoms with van der Waals surface area (Å²) in [6, 6.07) is 9.71. The van der Waals surface area contributed by atoms with Gasteiger partial charge >= 0.3 is 0 Å². The Balaban J connectivity index is 2.57. The maximum absolute atomic E-state index is 6.44. The number of nitrogens with one attached hydrogen (secondary N) is 1. The van der Waals surface area contributed by atoms with Crippen molar-refractivity contribution in [1.29, 1.82) is 0 Å². The van der Waals surface area contributed by atoms with E-state index < -0.39 is 0 Å². The molecule has 0 amide bonds. The first kappa shape index (κ1) is 16.2. The number of hydrogen-bond acceptors (Lipinski definition) is 2. The highest BCUT2D eigenvalue weighted by Crippen LogP contribution is 2.36. The van der Waals surface area contributed by atoms with Crippen molar-refractivity contribution in [2.24, 2.45) is 0 Å². The second-order valence-corrected chi connectivity index (χ2v) is 5.91. The molecule has 2 nitrogen and oxygen atoms in total. The Morgan fingerprint density at radius 2 is 1.67 bits per heavy atom. The molecule has 0 radical (unpaired) electrons. The fourth-order valence-corrected chi connectivity index (χ4v) is 2.92. The lowest BCUT2D eigenvalue weighted by molar-refractivity contribution is 0.405. The minimum absolute atomic E-state index is 0.0518. The lowest BCUT2D eigenvalue weighted by Crippen LogP contribution is -2.19. The van der Waals surface area contributed by atoms with Gasteiger partial charge in [-0.05, 0) is 55.8 Å². The van der Waals surface area contributed by atoms with Gasteiger partial charge in [-0.2, -0.15) is 0 Å². The molecule has 0 aliphatic rings. The number of halogens is 2. The van der Waals surface area contributed by atoms with Gasteiger partial charge in [0.25, 0.3) is 0 Å². The maximum atomic E-state index is 6.44. The molecule has 1 atom stereocenters. The molecule has 21 heavy (non-hydrogen) atoms. The van der Waals surface area contributed by atoms with Crippen molar-refractivity contribution in [3.05, 3.63) is 62.6 Å². The first-order chi connectivity index (χ1) is 9.97. The van der Waals surface area contributed by atoms with E-state index in [1.807, 2.05) is 31.3 Å². The largest absolute Gasteiger partial charge is 0.496 e. The second-order valence-electron chi connectivity index (χ2n) is 5.07. The van der Waals surface area contributed by atoms with Crippen LogP contribution in [0.2, 0.25) is 10.0 Å². The van der Waals surface area contributed by atoms with E-state index in [1.54, 1.807) is 7.11 Å². The van der Waals surface area contributed by atoms with E-state index in [1.165, 1.54) is 11.1 Å². The number of hydrogen-bond donors (Lipinski definition) is 1. The van der Waals surface area contributed by atoms with Crippen LogP contribution in [0.5, 0.6) is 5.75 Å². The highest BCUT2D eigenvalue weighted by molar-refractivity contribution is 6.31. The summed E-state index contributed by atoms with van der Waals surface area (Å²) >= 11 is 12.5. The fourth-order valence-electron chi connectivity index (χ4n) is 2.43. The molecule has 2 aromatic carbocycles. The molecule has 0 aliphatic carbocycles. The number of aryl methyl sites for hydroxylation is 2. The van der Waals surface area contributed by atoms with Crippen LogP contribution in [-0.4, -0.2) is 14.2 Å². The smallest absolute Gasteiger partial charge is 0.125 e. The van der Waals surface area contributed by atoms with Crippen molar-refractivity contribution in [2.75, 3.05) is 14.2 Å². The van der Waals surface area contributed by atoms with Crippen molar-refractivity contribution in [2.45, 2.75) is 19.9 Å². The Bertz CT molecular complexity index is 655. The van der Waals surface area contributed by atoms with E-state index >= 15 is 0 Å². The Labute approximate surface area is 136 Å². The van der Waals surface area contributed by atoms with E-state index in [4.69, 9.17) is 27.9 Å². The summed E-state index contributed by atoms with van der Waals surface area (Å²) < 4.78 is 5.46. The van der Waals surface area contributed by atoms with Crippen molar-refractivity contribution in [3.8, 4) is 5.75 Å². The van der Waals surface area contributed by atoms with Gasteiger partial charge in [0.1, 0.15) is 5.75 Å². The Morgan fingerprint density at radius 1 is 1.00 bits per heavy atom. The quantitative estimate of drug-likeness (QED) is 0.861. The topological polar surface area (TPSA) is 21.3 Å². The first-order valence-corrected chi connectivity index (χ1v) is 7.51. The highest BCUT2D eigenvalue weighted by atomic mass is 35.5. The Hall–Kier alpha value is -1.22. The van der Waals surface area contributed by atoms with Crippen LogP contribution in [0.25, 0.3) is 0 Å². The molecule has 0 fully saturated rings.